The minimum atomic E-state index is -0.766. The molecule has 0 aliphatic carbocycles. The highest BCUT2D eigenvalue weighted by Gasteiger charge is 2.19. The molecule has 0 amide bonds. The lowest BCUT2D eigenvalue weighted by molar-refractivity contribution is 1.14. The number of para-hydroxylation sites is 4. The predicted octanol–water partition coefficient (Wildman–Crippen LogP) is 14.3. The van der Waals surface area contributed by atoms with Crippen LogP contribution < -0.4 is 0 Å². The van der Waals surface area contributed by atoms with E-state index in [9.17, 15) is 5.48 Å². The van der Waals surface area contributed by atoms with E-state index >= 15 is 0 Å². The third kappa shape index (κ3) is 4.86. The minimum absolute atomic E-state index is 0.0935. The Kier molecular flexibility index (Phi) is 4.69. The fraction of sp³-hybridized carbons (Fsp3) is 0. The summed E-state index contributed by atoms with van der Waals surface area (Å²) in [7, 11) is 0. The van der Waals surface area contributed by atoms with Gasteiger partial charge in [0, 0.05) is 49.4 Å². The van der Waals surface area contributed by atoms with Gasteiger partial charge in [-0.25, -0.2) is 0 Å². The summed E-state index contributed by atoms with van der Waals surface area (Å²) in [6.45, 7) is 0. The number of fused-ring (bicyclic) bond motifs is 9. The van der Waals surface area contributed by atoms with Gasteiger partial charge in [0.05, 0.1) is 50.9 Å². The highest BCUT2D eigenvalue weighted by Crippen LogP contribution is 2.39. The molecule has 9 aromatic carbocycles. The van der Waals surface area contributed by atoms with Crippen molar-refractivity contribution >= 4 is 65.4 Å². The van der Waals surface area contributed by atoms with Gasteiger partial charge in [-0.3, -0.25) is 0 Å². The molecule has 12 rings (SSSR count). The summed E-state index contributed by atoms with van der Waals surface area (Å²) in [6.07, 6.45) is 0. The quantitative estimate of drug-likeness (QED) is 0.167. The first-order chi connectivity index (χ1) is 33.7. The molecule has 0 fully saturated rings. The van der Waals surface area contributed by atoms with Gasteiger partial charge in [0.15, 0.2) is 0 Å². The molecule has 12 aromatic rings. The lowest BCUT2D eigenvalue weighted by atomic mass is 10.0. The van der Waals surface area contributed by atoms with Crippen LogP contribution >= 0.6 is 0 Å². The van der Waals surface area contributed by atoms with Gasteiger partial charge in [-0.05, 0) is 82.9 Å². The molecule has 57 heavy (non-hydrogen) atoms. The molecule has 0 N–H and O–H groups in total. The van der Waals surface area contributed by atoms with E-state index in [1.807, 2.05) is 78.9 Å². The Hall–Kier alpha value is -7.62. The summed E-state index contributed by atoms with van der Waals surface area (Å²) >= 11 is 0. The SMILES string of the molecule is [2H]c1c([2H])c([2H])c(-c2c([2H])c([2H])c(-c3c([2H])c([2H])c(-n4c5ccccc5c5ccc(-n6c7ccccc7c7ccc(-n8c9ccccc9c9ccccc98)cc76)cc54)c([2H])c3[2H])c([2H])c2[2H])c([2H])c1[2H]. The Morgan fingerprint density at radius 3 is 1.00 bits per heavy atom. The maximum atomic E-state index is 9.57. The first-order valence-electron chi connectivity index (χ1n) is 25.0. The molecule has 0 aliphatic heterocycles. The number of nitrogens with zero attached hydrogens (tertiary/aromatic N) is 3. The van der Waals surface area contributed by atoms with E-state index in [0.717, 1.165) is 65.8 Å². The molecule has 0 radical (unpaired) electrons. The molecule has 3 heteroatoms. The first kappa shape index (κ1) is 21.5. The molecule has 0 saturated carbocycles. The van der Waals surface area contributed by atoms with Gasteiger partial charge in [-0.15, -0.1) is 0 Å². The van der Waals surface area contributed by atoms with E-state index in [4.69, 9.17) is 12.3 Å². The van der Waals surface area contributed by atoms with Crippen molar-refractivity contribution in [1.29, 1.82) is 0 Å². The van der Waals surface area contributed by atoms with E-state index < -0.39 is 101 Å². The topological polar surface area (TPSA) is 14.8 Å². The second-order valence-electron chi connectivity index (χ2n) is 14.0. The van der Waals surface area contributed by atoms with E-state index in [0.29, 0.717) is 11.0 Å². The molecule has 3 aromatic heterocycles. The highest BCUT2D eigenvalue weighted by molar-refractivity contribution is 6.13. The van der Waals surface area contributed by atoms with Crippen molar-refractivity contribution in [2.75, 3.05) is 0 Å². The van der Waals surface area contributed by atoms with Gasteiger partial charge in [0.1, 0.15) is 0 Å². The zero-order valence-electron chi connectivity index (χ0n) is 43.0. The van der Waals surface area contributed by atoms with Crippen molar-refractivity contribution in [3.05, 3.63) is 212 Å². The average molecular weight is 739 g/mol. The van der Waals surface area contributed by atoms with Gasteiger partial charge in [0.2, 0.25) is 0 Å². The minimum Gasteiger partial charge on any atom is -0.309 e. The number of hydrogen-bond acceptors (Lipinski definition) is 0. The van der Waals surface area contributed by atoms with Crippen molar-refractivity contribution in [2.24, 2.45) is 0 Å². The lowest BCUT2D eigenvalue weighted by Crippen LogP contribution is -1.98. The number of benzene rings is 9. The van der Waals surface area contributed by atoms with Gasteiger partial charge in [-0.2, -0.15) is 0 Å². The summed E-state index contributed by atoms with van der Waals surface area (Å²) in [6, 6.07) is 36.0. The summed E-state index contributed by atoms with van der Waals surface area (Å²) < 4.78 is 122. The van der Waals surface area contributed by atoms with Crippen LogP contribution in [-0.2, 0) is 0 Å². The van der Waals surface area contributed by atoms with E-state index in [-0.39, 0.29) is 5.69 Å². The van der Waals surface area contributed by atoms with Gasteiger partial charge in [0.25, 0.3) is 0 Å². The lowest BCUT2D eigenvalue weighted by Gasteiger charge is -2.13. The van der Waals surface area contributed by atoms with Crippen LogP contribution in [0.1, 0.15) is 17.8 Å². The molecular weight excluding hydrogens is 691 g/mol. The van der Waals surface area contributed by atoms with Crippen LogP contribution in [0.3, 0.4) is 0 Å². The Morgan fingerprint density at radius 1 is 0.263 bits per heavy atom. The first-order valence-corrected chi connectivity index (χ1v) is 18.5. The maximum absolute atomic E-state index is 9.57. The molecule has 0 atom stereocenters. The predicted molar refractivity (Wildman–Crippen MR) is 240 cm³/mol. The van der Waals surface area contributed by atoms with Crippen LogP contribution in [0.5, 0.6) is 0 Å². The zero-order chi connectivity index (χ0) is 48.8. The molecular formula is C54H35N3. The number of rotatable bonds is 5. The van der Waals surface area contributed by atoms with Crippen LogP contribution in [0.25, 0.3) is 105 Å². The molecule has 0 unspecified atom stereocenters. The normalized spacial score (nSPS) is 15.1. The molecule has 3 nitrogen and oxygen atoms in total. The Labute approximate surface area is 347 Å². The molecule has 0 spiro atoms. The third-order valence-corrected chi connectivity index (χ3v) is 10.9. The summed E-state index contributed by atoms with van der Waals surface area (Å²) in [5, 5.41) is 5.95. The van der Waals surface area contributed by atoms with Crippen molar-refractivity contribution in [3.8, 4) is 39.3 Å². The number of aromatic nitrogens is 3. The van der Waals surface area contributed by atoms with Gasteiger partial charge in [-0.1, -0.05) is 151 Å². The second-order valence-corrected chi connectivity index (χ2v) is 14.0. The van der Waals surface area contributed by atoms with Gasteiger partial charge < -0.3 is 13.7 Å². The molecule has 266 valence electrons. The summed E-state index contributed by atoms with van der Waals surface area (Å²) in [5.74, 6) is 0. The molecule has 3 heterocycles. The van der Waals surface area contributed by atoms with Crippen LogP contribution in [0.15, 0.2) is 212 Å². The van der Waals surface area contributed by atoms with E-state index in [1.165, 1.54) is 0 Å². The summed E-state index contributed by atoms with van der Waals surface area (Å²) in [4.78, 5) is 0. The third-order valence-electron chi connectivity index (χ3n) is 10.9. The van der Waals surface area contributed by atoms with E-state index in [1.54, 1.807) is 4.57 Å². The van der Waals surface area contributed by atoms with Crippen molar-refractivity contribution in [3.63, 3.8) is 0 Å². The van der Waals surface area contributed by atoms with Crippen LogP contribution in [0.2, 0.25) is 0 Å². The standard InChI is InChI=1S/C54H35N3/c1-2-12-36(13-3-1)37-22-24-38(25-23-37)39-26-28-40(29-27-39)55-49-18-8-6-16-45(49)47-33-31-42(35-53(47)55)57-52-21-11-7-17-46(52)48-32-30-41(34-54(48)57)56-50-19-9-4-14-43(50)44-15-5-10-20-51(44)56/h1-35H/i1D,2D,3D,12D,13D,22D,23D,24D,25D,26D,27D,28D,29D. The van der Waals surface area contributed by atoms with Gasteiger partial charge >= 0.3 is 0 Å². The summed E-state index contributed by atoms with van der Waals surface area (Å²) in [5.41, 5.74) is 4.81. The van der Waals surface area contributed by atoms with Crippen LogP contribution in [-0.4, -0.2) is 13.7 Å². The van der Waals surface area contributed by atoms with Crippen LogP contribution in [0.4, 0.5) is 0 Å². The Balaban J connectivity index is 1.08. The molecule has 0 saturated heterocycles. The van der Waals surface area contributed by atoms with Crippen LogP contribution in [0, 0.1) is 0 Å². The Bertz CT molecular complexity index is 4160. The fourth-order valence-electron chi connectivity index (χ4n) is 8.40. The Morgan fingerprint density at radius 2 is 0.579 bits per heavy atom. The van der Waals surface area contributed by atoms with Crippen molar-refractivity contribution < 1.29 is 17.8 Å². The fourth-order valence-corrected chi connectivity index (χ4v) is 8.40. The van der Waals surface area contributed by atoms with Crippen molar-refractivity contribution in [2.45, 2.75) is 0 Å². The van der Waals surface area contributed by atoms with E-state index in [2.05, 4.69) is 63.7 Å². The largest absolute Gasteiger partial charge is 0.309 e. The maximum Gasteiger partial charge on any atom is 0.0645 e. The zero-order valence-corrected chi connectivity index (χ0v) is 30.0. The smallest absolute Gasteiger partial charge is 0.0645 e. The second kappa shape index (κ2) is 12.5. The number of hydrogen-bond donors (Lipinski definition) is 0. The average Bonchev–Trinajstić information content (AvgIpc) is 4.01. The molecule has 0 aliphatic rings. The molecule has 0 bridgehead atoms. The van der Waals surface area contributed by atoms with Crippen molar-refractivity contribution in [1.82, 2.24) is 13.7 Å². The highest BCUT2D eigenvalue weighted by atomic mass is 15.0. The monoisotopic (exact) mass is 738 g/mol.